The summed E-state index contributed by atoms with van der Waals surface area (Å²) in [4.78, 5) is 24.9. The first-order valence-corrected chi connectivity index (χ1v) is 10.9. The number of hydrogen-bond donors (Lipinski definition) is 3. The molecule has 0 saturated heterocycles. The predicted octanol–water partition coefficient (Wildman–Crippen LogP) is 4.90. The Morgan fingerprint density at radius 3 is 2.28 bits per heavy atom. The topological polar surface area (TPSA) is 70.2 Å². The highest BCUT2D eigenvalue weighted by Gasteiger charge is 2.45. The van der Waals surface area contributed by atoms with Crippen molar-refractivity contribution in [1.82, 2.24) is 10.6 Å². The zero-order valence-electron chi connectivity index (χ0n) is 17.6. The third kappa shape index (κ3) is 5.23. The van der Waals surface area contributed by atoms with Gasteiger partial charge < -0.3 is 16.0 Å². The first-order valence-electron chi connectivity index (χ1n) is 10.9. The maximum absolute atomic E-state index is 13.2. The van der Waals surface area contributed by atoms with Crippen molar-refractivity contribution in [3.05, 3.63) is 59.7 Å². The van der Waals surface area contributed by atoms with Crippen molar-refractivity contribution < 1.29 is 22.8 Å². The van der Waals surface area contributed by atoms with E-state index in [1.807, 2.05) is 0 Å². The van der Waals surface area contributed by atoms with Crippen LogP contribution < -0.4 is 16.0 Å². The molecule has 0 spiro atoms. The molecule has 0 radical (unpaired) electrons. The number of alkyl halides is 3. The van der Waals surface area contributed by atoms with Crippen LogP contribution in [0.2, 0.25) is 0 Å². The summed E-state index contributed by atoms with van der Waals surface area (Å²) in [5.74, 6) is 0.219. The van der Waals surface area contributed by atoms with Gasteiger partial charge in [-0.05, 0) is 67.9 Å². The molecule has 2 aliphatic rings. The van der Waals surface area contributed by atoms with Crippen molar-refractivity contribution in [3.8, 4) is 0 Å². The fourth-order valence-corrected chi connectivity index (χ4v) is 3.89. The van der Waals surface area contributed by atoms with E-state index in [0.29, 0.717) is 30.9 Å². The highest BCUT2D eigenvalue weighted by Crippen LogP contribution is 2.36. The van der Waals surface area contributed by atoms with E-state index in [1.54, 1.807) is 30.3 Å². The van der Waals surface area contributed by atoms with Crippen molar-refractivity contribution in [2.24, 2.45) is 5.92 Å². The minimum absolute atomic E-state index is 0.0186. The molecule has 0 aromatic heterocycles. The summed E-state index contributed by atoms with van der Waals surface area (Å²) in [5, 5.41) is 8.63. The van der Waals surface area contributed by atoms with Crippen LogP contribution in [0.15, 0.2) is 48.5 Å². The summed E-state index contributed by atoms with van der Waals surface area (Å²) in [6.07, 6.45) is 0.378. The molecule has 2 aromatic carbocycles. The van der Waals surface area contributed by atoms with Crippen molar-refractivity contribution in [2.75, 3.05) is 5.32 Å². The summed E-state index contributed by atoms with van der Waals surface area (Å²) >= 11 is 0. The molecule has 3 N–H and O–H groups in total. The number of carbonyl (C=O) groups is 2. The molecule has 8 heteroatoms. The Hall–Kier alpha value is -3.03. The van der Waals surface area contributed by atoms with Gasteiger partial charge in [0.15, 0.2) is 0 Å². The molecule has 2 saturated carbocycles. The van der Waals surface area contributed by atoms with E-state index >= 15 is 0 Å². The van der Waals surface area contributed by atoms with Crippen LogP contribution in [0.25, 0.3) is 0 Å². The smallest absolute Gasteiger partial charge is 0.355 e. The zero-order chi connectivity index (χ0) is 22.8. The third-order valence-corrected chi connectivity index (χ3v) is 6.11. The maximum Gasteiger partial charge on any atom is 0.418 e. The molecule has 0 aliphatic heterocycles. The molecule has 0 unspecified atom stereocenters. The van der Waals surface area contributed by atoms with Gasteiger partial charge in [-0.15, -0.1) is 0 Å². The number of hydrogen-bond acceptors (Lipinski definition) is 3. The number of para-hydroxylation sites is 1. The number of rotatable bonds is 8. The fourth-order valence-electron chi connectivity index (χ4n) is 3.89. The van der Waals surface area contributed by atoms with E-state index in [1.165, 1.54) is 12.1 Å². The minimum Gasteiger partial charge on any atom is -0.355 e. The lowest BCUT2D eigenvalue weighted by Crippen LogP contribution is -2.62. The van der Waals surface area contributed by atoms with Gasteiger partial charge in [0.25, 0.3) is 0 Å². The average Bonchev–Trinajstić information content (AvgIpc) is 3.53. The van der Waals surface area contributed by atoms with Gasteiger partial charge in [0.1, 0.15) is 5.54 Å². The van der Waals surface area contributed by atoms with Crippen molar-refractivity contribution in [1.29, 1.82) is 0 Å². The number of benzene rings is 2. The minimum atomic E-state index is -4.45. The molecule has 170 valence electrons. The van der Waals surface area contributed by atoms with Gasteiger partial charge in [0.05, 0.1) is 11.3 Å². The Bertz CT molecular complexity index is 981. The van der Waals surface area contributed by atoms with Gasteiger partial charge in [0.2, 0.25) is 11.8 Å². The summed E-state index contributed by atoms with van der Waals surface area (Å²) in [7, 11) is 0. The third-order valence-electron chi connectivity index (χ3n) is 6.11. The molecule has 4 rings (SSSR count). The van der Waals surface area contributed by atoms with Crippen LogP contribution in [0.5, 0.6) is 0 Å². The Balaban J connectivity index is 1.33. The van der Waals surface area contributed by atoms with Gasteiger partial charge in [-0.2, -0.15) is 13.2 Å². The van der Waals surface area contributed by atoms with Crippen LogP contribution in [0.1, 0.15) is 49.7 Å². The summed E-state index contributed by atoms with van der Waals surface area (Å²) in [6, 6.07) is 12.1. The molecular formula is C24H26F3N3O2. The molecule has 32 heavy (non-hydrogen) atoms. The second kappa shape index (κ2) is 8.84. The lowest BCUT2D eigenvalue weighted by atomic mass is 9.75. The predicted molar refractivity (Wildman–Crippen MR) is 115 cm³/mol. The Labute approximate surface area is 184 Å². The Kier molecular flexibility index (Phi) is 6.13. The van der Waals surface area contributed by atoms with Crippen LogP contribution in [-0.2, 0) is 22.3 Å². The van der Waals surface area contributed by atoms with Gasteiger partial charge in [-0.3, -0.25) is 9.59 Å². The summed E-state index contributed by atoms with van der Waals surface area (Å²) in [6.45, 7) is 0.276. The highest BCUT2D eigenvalue weighted by atomic mass is 19.4. The highest BCUT2D eigenvalue weighted by molar-refractivity contribution is 5.92. The van der Waals surface area contributed by atoms with Crippen molar-refractivity contribution >= 4 is 23.2 Å². The van der Waals surface area contributed by atoms with E-state index in [2.05, 4.69) is 16.0 Å². The van der Waals surface area contributed by atoms with Crippen LogP contribution >= 0.6 is 0 Å². The molecule has 0 bridgehead atoms. The molecule has 2 amide bonds. The number of halogens is 3. The van der Waals surface area contributed by atoms with Gasteiger partial charge in [-0.25, -0.2) is 0 Å². The van der Waals surface area contributed by atoms with Crippen LogP contribution in [0.4, 0.5) is 24.5 Å². The summed E-state index contributed by atoms with van der Waals surface area (Å²) < 4.78 is 39.5. The fraction of sp³-hybridized carbons (Fsp3) is 0.417. The first kappa shape index (κ1) is 22.2. The second-order valence-electron chi connectivity index (χ2n) is 8.68. The molecule has 0 heterocycles. The quantitative estimate of drug-likeness (QED) is 0.541. The van der Waals surface area contributed by atoms with Crippen LogP contribution in [0, 0.1) is 5.92 Å². The van der Waals surface area contributed by atoms with Gasteiger partial charge in [-0.1, -0.05) is 24.3 Å². The maximum atomic E-state index is 13.2. The SMILES string of the molecule is O=C(CC1CC1)NC1(C(=O)NCc2ccc(Nc3ccccc3C(F)(F)F)cc2)CCC1. The van der Waals surface area contributed by atoms with Crippen LogP contribution in [-0.4, -0.2) is 17.4 Å². The largest absolute Gasteiger partial charge is 0.418 e. The van der Waals surface area contributed by atoms with Gasteiger partial charge >= 0.3 is 6.18 Å². The van der Waals surface area contributed by atoms with Gasteiger partial charge in [0, 0.05) is 18.7 Å². The monoisotopic (exact) mass is 445 g/mol. The Morgan fingerprint density at radius 2 is 1.69 bits per heavy atom. The molecular weight excluding hydrogens is 419 g/mol. The normalized spacial score (nSPS) is 17.2. The second-order valence-corrected chi connectivity index (χ2v) is 8.68. The summed E-state index contributed by atoms with van der Waals surface area (Å²) in [5.41, 5.74) is -0.235. The van der Waals surface area contributed by atoms with E-state index < -0.39 is 17.3 Å². The number of amides is 2. The van der Waals surface area contributed by atoms with E-state index in [9.17, 15) is 22.8 Å². The van der Waals surface area contributed by atoms with Crippen molar-refractivity contribution in [2.45, 2.75) is 56.8 Å². The van der Waals surface area contributed by atoms with E-state index in [-0.39, 0.29) is 24.0 Å². The molecule has 2 aliphatic carbocycles. The van der Waals surface area contributed by atoms with E-state index in [4.69, 9.17) is 0 Å². The first-order chi connectivity index (χ1) is 15.2. The molecule has 5 nitrogen and oxygen atoms in total. The standard InChI is InChI=1S/C24H26F3N3O2/c25-24(26,27)19-4-1-2-5-20(19)29-18-10-8-17(9-11-18)15-28-22(32)23(12-3-13-23)30-21(31)14-16-6-7-16/h1-2,4-5,8-11,16,29H,3,6-7,12-15H2,(H,28,32)(H,30,31). The number of carbonyl (C=O) groups excluding carboxylic acids is 2. The molecule has 2 aromatic rings. The van der Waals surface area contributed by atoms with Crippen molar-refractivity contribution in [3.63, 3.8) is 0 Å². The average molecular weight is 445 g/mol. The van der Waals surface area contributed by atoms with E-state index in [0.717, 1.165) is 30.9 Å². The Morgan fingerprint density at radius 1 is 1.00 bits per heavy atom. The number of nitrogens with one attached hydrogen (secondary N) is 3. The number of anilines is 2. The lowest BCUT2D eigenvalue weighted by Gasteiger charge is -2.40. The lowest BCUT2D eigenvalue weighted by molar-refractivity contribution is -0.137. The zero-order valence-corrected chi connectivity index (χ0v) is 17.6. The molecule has 0 atom stereocenters. The molecule has 2 fully saturated rings. The van der Waals surface area contributed by atoms with Crippen LogP contribution in [0.3, 0.4) is 0 Å².